The van der Waals surface area contributed by atoms with Gasteiger partial charge in [-0.05, 0) is 12.5 Å². The largest absolute Gasteiger partial charge is 0.461 e. The van der Waals surface area contributed by atoms with E-state index in [1.54, 1.807) is 12.4 Å². The topological polar surface area (TPSA) is 59.5 Å². The van der Waals surface area contributed by atoms with E-state index in [1.807, 2.05) is 35.2 Å². The number of aryl methyl sites for hydroxylation is 1. The normalized spacial score (nSPS) is 17.5. The highest BCUT2D eigenvalue weighted by Gasteiger charge is 2.30. The van der Waals surface area contributed by atoms with Crippen LogP contribution < -0.4 is 0 Å². The zero-order valence-electron chi connectivity index (χ0n) is 12.9. The highest BCUT2D eigenvalue weighted by molar-refractivity contribution is 7.11. The summed E-state index contributed by atoms with van der Waals surface area (Å²) >= 11 is 1.28. The lowest BCUT2D eigenvalue weighted by molar-refractivity contribution is -0.128. The molecule has 1 aliphatic heterocycles. The first-order valence-corrected chi connectivity index (χ1v) is 8.40. The summed E-state index contributed by atoms with van der Waals surface area (Å²) in [6.45, 7) is 3.29. The van der Waals surface area contributed by atoms with Crippen LogP contribution in [0.3, 0.4) is 0 Å². The van der Waals surface area contributed by atoms with Crippen LogP contribution in [0.15, 0.2) is 35.8 Å². The zero-order valence-corrected chi connectivity index (χ0v) is 13.7. The van der Waals surface area contributed by atoms with E-state index in [2.05, 4.69) is 4.98 Å². The third-order valence-corrected chi connectivity index (χ3v) is 4.80. The predicted octanol–water partition coefficient (Wildman–Crippen LogP) is 2.66. The number of ether oxygens (including phenoxy) is 1. The van der Waals surface area contributed by atoms with E-state index in [-0.39, 0.29) is 24.4 Å². The van der Waals surface area contributed by atoms with Gasteiger partial charge in [-0.2, -0.15) is 0 Å². The van der Waals surface area contributed by atoms with E-state index in [0.717, 1.165) is 5.56 Å². The molecule has 0 saturated carbocycles. The Morgan fingerprint density at radius 2 is 2.17 bits per heavy atom. The van der Waals surface area contributed by atoms with Gasteiger partial charge in [0, 0.05) is 25.4 Å². The molecule has 1 fully saturated rings. The van der Waals surface area contributed by atoms with E-state index < -0.39 is 0 Å². The van der Waals surface area contributed by atoms with Gasteiger partial charge in [-0.15, -0.1) is 11.3 Å². The summed E-state index contributed by atoms with van der Waals surface area (Å²) in [7, 11) is 0. The number of nitrogens with zero attached hydrogens (tertiary/aromatic N) is 2. The molecule has 1 aromatic carbocycles. The van der Waals surface area contributed by atoms with Gasteiger partial charge in [0.15, 0.2) is 0 Å². The van der Waals surface area contributed by atoms with Crippen LogP contribution in [0.2, 0.25) is 0 Å². The number of benzene rings is 1. The number of likely N-dealkylation sites (tertiary alicyclic amines) is 1. The molecule has 1 atom stereocenters. The molecule has 1 aromatic heterocycles. The Balaban J connectivity index is 1.52. The summed E-state index contributed by atoms with van der Waals surface area (Å²) < 4.78 is 5.35. The molecule has 3 rings (SSSR count). The second-order valence-electron chi connectivity index (χ2n) is 5.70. The lowest BCUT2D eigenvalue weighted by Gasteiger charge is -2.16. The van der Waals surface area contributed by atoms with Gasteiger partial charge >= 0.3 is 5.97 Å². The van der Waals surface area contributed by atoms with Crippen LogP contribution in [0.1, 0.15) is 27.3 Å². The van der Waals surface area contributed by atoms with E-state index in [9.17, 15) is 9.59 Å². The highest BCUT2D eigenvalue weighted by atomic mass is 32.1. The quantitative estimate of drug-likeness (QED) is 0.791. The minimum Gasteiger partial charge on any atom is -0.461 e. The molecule has 0 aliphatic carbocycles. The molecule has 23 heavy (non-hydrogen) atoms. The van der Waals surface area contributed by atoms with Gasteiger partial charge in [0.1, 0.15) is 4.88 Å². The molecular weight excluding hydrogens is 312 g/mol. The van der Waals surface area contributed by atoms with Crippen molar-refractivity contribution in [2.24, 2.45) is 5.92 Å². The van der Waals surface area contributed by atoms with Gasteiger partial charge < -0.3 is 9.64 Å². The van der Waals surface area contributed by atoms with Crippen molar-refractivity contribution in [2.45, 2.75) is 19.9 Å². The van der Waals surface area contributed by atoms with Crippen molar-refractivity contribution in [3.8, 4) is 0 Å². The highest BCUT2D eigenvalue weighted by Crippen LogP contribution is 2.21. The van der Waals surface area contributed by atoms with Crippen LogP contribution in [0.5, 0.6) is 0 Å². The third kappa shape index (κ3) is 3.76. The third-order valence-electron chi connectivity index (χ3n) is 3.89. The minimum atomic E-state index is -0.348. The molecule has 0 spiro atoms. The maximum absolute atomic E-state index is 12.1. The maximum atomic E-state index is 12.1. The first-order chi connectivity index (χ1) is 11.1. The summed E-state index contributed by atoms with van der Waals surface area (Å²) in [6.07, 6.45) is 0.432. The molecule has 0 bridgehead atoms. The summed E-state index contributed by atoms with van der Waals surface area (Å²) in [6, 6.07) is 9.90. The number of rotatable bonds is 5. The minimum absolute atomic E-state index is 0.0587. The smallest absolute Gasteiger partial charge is 0.350 e. The van der Waals surface area contributed by atoms with Crippen LogP contribution in [0.4, 0.5) is 0 Å². The molecule has 0 N–H and O–H groups in total. The Hall–Kier alpha value is -2.21. The molecule has 6 heteroatoms. The fourth-order valence-corrected chi connectivity index (χ4v) is 3.37. The van der Waals surface area contributed by atoms with E-state index in [4.69, 9.17) is 4.74 Å². The molecule has 1 amide bonds. The first kappa shape index (κ1) is 15.7. The molecule has 1 aliphatic rings. The van der Waals surface area contributed by atoms with Crippen molar-refractivity contribution in [2.75, 3.05) is 13.2 Å². The number of hydrogen-bond donors (Lipinski definition) is 0. The number of aromatic nitrogens is 1. The Bertz CT molecular complexity index is 699. The molecule has 2 aromatic rings. The van der Waals surface area contributed by atoms with Gasteiger partial charge in [0.05, 0.1) is 17.8 Å². The number of thiazole rings is 1. The van der Waals surface area contributed by atoms with Gasteiger partial charge in [-0.3, -0.25) is 4.79 Å². The van der Waals surface area contributed by atoms with E-state index >= 15 is 0 Å². The average molecular weight is 330 g/mol. The van der Waals surface area contributed by atoms with Crippen molar-refractivity contribution < 1.29 is 14.3 Å². The number of carbonyl (C=O) groups excluding carboxylic acids is 2. The van der Waals surface area contributed by atoms with Crippen molar-refractivity contribution >= 4 is 23.2 Å². The monoisotopic (exact) mass is 330 g/mol. The predicted molar refractivity (Wildman–Crippen MR) is 87.1 cm³/mol. The Morgan fingerprint density at radius 1 is 1.39 bits per heavy atom. The summed E-state index contributed by atoms with van der Waals surface area (Å²) in [4.78, 5) is 30.5. The van der Waals surface area contributed by atoms with Crippen molar-refractivity contribution in [1.29, 1.82) is 0 Å². The number of amides is 1. The molecule has 120 valence electrons. The lowest BCUT2D eigenvalue weighted by Crippen LogP contribution is -2.25. The zero-order chi connectivity index (χ0) is 16.2. The molecule has 0 radical (unpaired) electrons. The second-order valence-corrected chi connectivity index (χ2v) is 6.55. The average Bonchev–Trinajstić information content (AvgIpc) is 3.12. The van der Waals surface area contributed by atoms with Gasteiger partial charge in [-0.1, -0.05) is 30.3 Å². The molecule has 1 saturated heterocycles. The SMILES string of the molecule is Cc1ncsc1C(=O)OC[C@H]1CC(=O)N(Cc2ccccc2)C1. The fraction of sp³-hybridized carbons (Fsp3) is 0.353. The van der Waals surface area contributed by atoms with Crippen LogP contribution in [-0.2, 0) is 16.1 Å². The van der Waals surface area contributed by atoms with Gasteiger partial charge in [0.2, 0.25) is 5.91 Å². The molecule has 0 unspecified atom stereocenters. The molecule has 5 nitrogen and oxygen atoms in total. The van der Waals surface area contributed by atoms with Gasteiger partial charge in [0.25, 0.3) is 0 Å². The Kier molecular flexibility index (Phi) is 4.71. The van der Waals surface area contributed by atoms with Crippen LogP contribution in [0, 0.1) is 12.8 Å². The van der Waals surface area contributed by atoms with E-state index in [1.165, 1.54) is 11.3 Å². The summed E-state index contributed by atoms with van der Waals surface area (Å²) in [5.74, 6) is -0.175. The van der Waals surface area contributed by atoms with Crippen LogP contribution in [-0.4, -0.2) is 34.9 Å². The van der Waals surface area contributed by atoms with Crippen molar-refractivity contribution in [3.63, 3.8) is 0 Å². The first-order valence-electron chi connectivity index (χ1n) is 7.52. The molecule has 2 heterocycles. The maximum Gasteiger partial charge on any atom is 0.350 e. The molecular formula is C17H18N2O3S. The number of hydrogen-bond acceptors (Lipinski definition) is 5. The van der Waals surface area contributed by atoms with Crippen molar-refractivity contribution in [3.05, 3.63) is 52.0 Å². The standard InChI is InChI=1S/C17H18N2O3S/c1-12-16(23-11-18-12)17(21)22-10-14-7-15(20)19(9-14)8-13-5-3-2-4-6-13/h2-6,11,14H,7-10H2,1H3/t14-/m0/s1. The summed E-state index contributed by atoms with van der Waals surface area (Å²) in [5, 5.41) is 0. The summed E-state index contributed by atoms with van der Waals surface area (Å²) in [5.41, 5.74) is 3.43. The van der Waals surface area contributed by atoms with E-state index in [0.29, 0.717) is 30.1 Å². The van der Waals surface area contributed by atoms with Crippen molar-refractivity contribution in [1.82, 2.24) is 9.88 Å². The van der Waals surface area contributed by atoms with Crippen LogP contribution in [0.25, 0.3) is 0 Å². The Morgan fingerprint density at radius 3 is 2.87 bits per heavy atom. The fourth-order valence-electron chi connectivity index (χ4n) is 2.68. The van der Waals surface area contributed by atoms with Crippen LogP contribution >= 0.6 is 11.3 Å². The lowest BCUT2D eigenvalue weighted by atomic mass is 10.1. The number of carbonyl (C=O) groups is 2. The van der Waals surface area contributed by atoms with Gasteiger partial charge in [-0.25, -0.2) is 9.78 Å². The Labute approximate surface area is 138 Å². The number of esters is 1. The second kappa shape index (κ2) is 6.91.